The Balaban J connectivity index is 2.14. The molecular weight excluding hydrogens is 629 g/mol. The quantitative estimate of drug-likeness (QED) is 0.0576. The average Bonchev–Trinajstić information content (AvgIpc) is 3.54. The van der Waals surface area contributed by atoms with Crippen molar-refractivity contribution in [2.45, 2.75) is 297 Å². The molecule has 2 nitrogen and oxygen atoms in total. The molecule has 0 aromatic rings. The standard InChI is InChI=1S/C50H100N2/c1-4-7-10-13-16-19-21-23-25-27-28-30-32-34-36-39-42-45-50-51(46-43-40-37-18-15-12-9-6-3)48-49-52(50)47-44-41-38-35-33-31-29-26-24-22-20-17-14-11-8-5-2/h48-50H,4-47H2,1-3H3. The van der Waals surface area contributed by atoms with E-state index in [4.69, 9.17) is 0 Å². The second kappa shape index (κ2) is 41.5. The number of hydrogen-bond donors (Lipinski definition) is 0. The van der Waals surface area contributed by atoms with E-state index in [9.17, 15) is 0 Å². The van der Waals surface area contributed by atoms with Gasteiger partial charge in [0.05, 0.1) is 0 Å². The lowest BCUT2D eigenvalue weighted by molar-refractivity contribution is 0.135. The highest BCUT2D eigenvalue weighted by molar-refractivity contribution is 4.97. The Hall–Kier alpha value is -0.660. The molecule has 1 rings (SSSR count). The minimum atomic E-state index is 0.636. The molecule has 1 heterocycles. The third-order valence-corrected chi connectivity index (χ3v) is 12.3. The smallest absolute Gasteiger partial charge is 0.101 e. The monoisotopic (exact) mass is 729 g/mol. The van der Waals surface area contributed by atoms with Crippen LogP contribution in [-0.4, -0.2) is 29.1 Å². The summed E-state index contributed by atoms with van der Waals surface area (Å²) in [7, 11) is 0. The average molecular weight is 729 g/mol. The molecule has 0 bridgehead atoms. The normalized spacial score (nSPS) is 14.4. The zero-order chi connectivity index (χ0) is 37.3. The van der Waals surface area contributed by atoms with Crippen LogP contribution in [0.5, 0.6) is 0 Å². The van der Waals surface area contributed by atoms with E-state index in [0.29, 0.717) is 6.17 Å². The van der Waals surface area contributed by atoms with Crippen LogP contribution in [0.4, 0.5) is 0 Å². The van der Waals surface area contributed by atoms with E-state index in [-0.39, 0.29) is 0 Å². The lowest BCUT2D eigenvalue weighted by Crippen LogP contribution is -2.39. The van der Waals surface area contributed by atoms with Crippen molar-refractivity contribution in [1.29, 1.82) is 0 Å². The Morgan fingerprint density at radius 3 is 0.673 bits per heavy atom. The van der Waals surface area contributed by atoms with E-state index in [1.54, 1.807) is 0 Å². The Bertz CT molecular complexity index is 688. The lowest BCUT2D eigenvalue weighted by atomic mass is 10.0. The summed E-state index contributed by atoms with van der Waals surface area (Å²) in [6.45, 7) is 9.49. The Kier molecular flexibility index (Phi) is 39.4. The molecule has 2 heteroatoms. The first-order valence-electron chi connectivity index (χ1n) is 25.0. The number of hydrogen-bond acceptors (Lipinski definition) is 2. The second-order valence-electron chi connectivity index (χ2n) is 17.5. The van der Waals surface area contributed by atoms with Gasteiger partial charge in [-0.25, -0.2) is 0 Å². The third-order valence-electron chi connectivity index (χ3n) is 12.3. The van der Waals surface area contributed by atoms with E-state index >= 15 is 0 Å². The van der Waals surface area contributed by atoms with Gasteiger partial charge < -0.3 is 9.80 Å². The summed E-state index contributed by atoms with van der Waals surface area (Å²) in [6, 6.07) is 0. The maximum atomic E-state index is 2.74. The molecule has 0 N–H and O–H groups in total. The topological polar surface area (TPSA) is 6.48 Å². The molecule has 0 aromatic carbocycles. The summed E-state index contributed by atoms with van der Waals surface area (Å²) in [5, 5.41) is 0. The molecule has 1 unspecified atom stereocenters. The second-order valence-corrected chi connectivity index (χ2v) is 17.5. The van der Waals surface area contributed by atoms with E-state index in [2.05, 4.69) is 43.0 Å². The van der Waals surface area contributed by atoms with Gasteiger partial charge in [0.25, 0.3) is 0 Å². The maximum absolute atomic E-state index is 2.74. The van der Waals surface area contributed by atoms with Gasteiger partial charge in [-0.2, -0.15) is 0 Å². The van der Waals surface area contributed by atoms with Gasteiger partial charge in [0, 0.05) is 25.5 Å². The van der Waals surface area contributed by atoms with Gasteiger partial charge in [0.15, 0.2) is 0 Å². The van der Waals surface area contributed by atoms with E-state index in [1.165, 1.54) is 283 Å². The molecule has 1 atom stereocenters. The van der Waals surface area contributed by atoms with Crippen LogP contribution in [0.25, 0.3) is 0 Å². The molecular formula is C50H100N2. The van der Waals surface area contributed by atoms with Gasteiger partial charge in [0.1, 0.15) is 6.17 Å². The lowest BCUT2D eigenvalue weighted by Gasteiger charge is -2.33. The van der Waals surface area contributed by atoms with Crippen molar-refractivity contribution < 1.29 is 0 Å². The molecule has 310 valence electrons. The zero-order valence-electron chi connectivity index (χ0n) is 36.7. The fourth-order valence-electron chi connectivity index (χ4n) is 8.66. The molecule has 1 aliphatic rings. The van der Waals surface area contributed by atoms with Gasteiger partial charge in [-0.15, -0.1) is 0 Å². The Morgan fingerprint density at radius 2 is 0.442 bits per heavy atom. The van der Waals surface area contributed by atoms with Crippen LogP contribution in [0.3, 0.4) is 0 Å². The summed E-state index contributed by atoms with van der Waals surface area (Å²) in [5.74, 6) is 0. The van der Waals surface area contributed by atoms with Crippen LogP contribution in [0.15, 0.2) is 12.4 Å². The van der Waals surface area contributed by atoms with Gasteiger partial charge in [-0.05, 0) is 25.7 Å². The van der Waals surface area contributed by atoms with Crippen molar-refractivity contribution in [3.8, 4) is 0 Å². The largest absolute Gasteiger partial charge is 0.356 e. The van der Waals surface area contributed by atoms with E-state index in [0.717, 1.165) is 0 Å². The predicted octanol–water partition coefficient (Wildman–Crippen LogP) is 17.8. The van der Waals surface area contributed by atoms with Crippen LogP contribution < -0.4 is 0 Å². The number of nitrogens with zero attached hydrogens (tertiary/aromatic N) is 2. The van der Waals surface area contributed by atoms with Crippen molar-refractivity contribution in [3.63, 3.8) is 0 Å². The van der Waals surface area contributed by atoms with Crippen LogP contribution in [0, 0.1) is 0 Å². The molecule has 52 heavy (non-hydrogen) atoms. The summed E-state index contributed by atoms with van der Waals surface area (Å²) in [4.78, 5) is 5.47. The van der Waals surface area contributed by atoms with Crippen molar-refractivity contribution >= 4 is 0 Å². The van der Waals surface area contributed by atoms with Crippen molar-refractivity contribution in [2.75, 3.05) is 13.1 Å². The molecule has 0 saturated carbocycles. The Morgan fingerprint density at radius 1 is 0.250 bits per heavy atom. The summed E-state index contributed by atoms with van der Waals surface area (Å²) in [6.07, 6.45) is 66.4. The summed E-state index contributed by atoms with van der Waals surface area (Å²) < 4.78 is 0. The molecule has 0 fully saturated rings. The van der Waals surface area contributed by atoms with Crippen molar-refractivity contribution in [2.24, 2.45) is 0 Å². The van der Waals surface area contributed by atoms with Crippen molar-refractivity contribution in [1.82, 2.24) is 9.80 Å². The molecule has 0 aliphatic carbocycles. The van der Waals surface area contributed by atoms with Gasteiger partial charge in [-0.3, -0.25) is 0 Å². The van der Waals surface area contributed by atoms with E-state index in [1.807, 2.05) is 0 Å². The number of unbranched alkanes of at least 4 members (excludes halogenated alkanes) is 38. The fraction of sp³-hybridized carbons (Fsp3) is 0.960. The molecule has 0 amide bonds. The van der Waals surface area contributed by atoms with Gasteiger partial charge >= 0.3 is 0 Å². The first kappa shape index (κ1) is 49.4. The first-order chi connectivity index (χ1) is 25.8. The highest BCUT2D eigenvalue weighted by Crippen LogP contribution is 2.24. The maximum Gasteiger partial charge on any atom is 0.101 e. The van der Waals surface area contributed by atoms with E-state index < -0.39 is 0 Å². The van der Waals surface area contributed by atoms with Crippen LogP contribution in [0.2, 0.25) is 0 Å². The molecule has 1 aliphatic heterocycles. The first-order valence-corrected chi connectivity index (χ1v) is 25.0. The van der Waals surface area contributed by atoms with Gasteiger partial charge in [0.2, 0.25) is 0 Å². The molecule has 0 aromatic heterocycles. The minimum absolute atomic E-state index is 0.636. The van der Waals surface area contributed by atoms with Gasteiger partial charge in [-0.1, -0.05) is 265 Å². The number of rotatable bonds is 44. The fourth-order valence-corrected chi connectivity index (χ4v) is 8.66. The predicted molar refractivity (Wildman–Crippen MR) is 237 cm³/mol. The summed E-state index contributed by atoms with van der Waals surface area (Å²) >= 11 is 0. The highest BCUT2D eigenvalue weighted by Gasteiger charge is 2.24. The van der Waals surface area contributed by atoms with Crippen LogP contribution >= 0.6 is 0 Å². The van der Waals surface area contributed by atoms with Crippen LogP contribution in [-0.2, 0) is 0 Å². The highest BCUT2D eigenvalue weighted by atomic mass is 15.4. The van der Waals surface area contributed by atoms with Crippen molar-refractivity contribution in [3.05, 3.63) is 12.4 Å². The van der Waals surface area contributed by atoms with Crippen LogP contribution in [0.1, 0.15) is 290 Å². The molecule has 0 saturated heterocycles. The zero-order valence-corrected chi connectivity index (χ0v) is 36.7. The molecule has 0 radical (unpaired) electrons. The Labute approximate surface area is 330 Å². The summed E-state index contributed by atoms with van der Waals surface area (Å²) in [5.41, 5.74) is 0. The third kappa shape index (κ3) is 32.7. The SMILES string of the molecule is CCCCCCCCCCCCCCCCCCCC1N(CCCCCCCCCC)C=CN1CCCCCCCCCCCCCCCCCC. The molecule has 0 spiro atoms. The minimum Gasteiger partial charge on any atom is -0.356 e.